The van der Waals surface area contributed by atoms with Gasteiger partial charge in [-0.25, -0.2) is 9.59 Å². The van der Waals surface area contributed by atoms with Crippen molar-refractivity contribution in [2.75, 3.05) is 14.2 Å². The van der Waals surface area contributed by atoms with E-state index in [0.29, 0.717) is 0 Å². The first-order valence-electron chi connectivity index (χ1n) is 3.55. The first kappa shape index (κ1) is 11.6. The number of hydrogen-bond acceptors (Lipinski definition) is 5. The van der Waals surface area contributed by atoms with Gasteiger partial charge in [0.15, 0.2) is 6.10 Å². The van der Waals surface area contributed by atoms with Gasteiger partial charge in [-0.1, -0.05) is 6.58 Å². The molecule has 0 aliphatic rings. The molecule has 0 saturated heterocycles. The molecule has 0 spiro atoms. The Kier molecular flexibility index (Phi) is 4.76. The smallest absolute Gasteiger partial charge is 0.335 e. The van der Waals surface area contributed by atoms with Gasteiger partial charge in [-0.3, -0.25) is 0 Å². The predicted octanol–water partition coefficient (Wildman–Crippen LogP) is -0.360. The fourth-order valence-corrected chi connectivity index (χ4v) is 0.680. The lowest BCUT2D eigenvalue weighted by Gasteiger charge is -2.08. The van der Waals surface area contributed by atoms with E-state index in [1.54, 1.807) is 0 Å². The van der Waals surface area contributed by atoms with Gasteiger partial charge in [0.1, 0.15) is 0 Å². The van der Waals surface area contributed by atoms with Crippen LogP contribution < -0.4 is 0 Å². The normalized spacial score (nSPS) is 11.6. The van der Waals surface area contributed by atoms with Crippen LogP contribution in [0.1, 0.15) is 6.42 Å². The van der Waals surface area contributed by atoms with E-state index in [1.165, 1.54) is 7.11 Å². The van der Waals surface area contributed by atoms with Gasteiger partial charge in [0.25, 0.3) is 0 Å². The topological polar surface area (TPSA) is 72.8 Å². The fourth-order valence-electron chi connectivity index (χ4n) is 0.680. The van der Waals surface area contributed by atoms with Crippen LogP contribution in [0.4, 0.5) is 0 Å². The van der Waals surface area contributed by atoms with Crippen molar-refractivity contribution in [3.8, 4) is 0 Å². The minimum Gasteiger partial charge on any atom is -0.467 e. The zero-order valence-corrected chi connectivity index (χ0v) is 7.57. The highest BCUT2D eigenvalue weighted by Crippen LogP contribution is 2.05. The Balaban J connectivity index is 4.06. The van der Waals surface area contributed by atoms with Crippen molar-refractivity contribution in [3.63, 3.8) is 0 Å². The van der Waals surface area contributed by atoms with E-state index < -0.39 is 18.0 Å². The zero-order chi connectivity index (χ0) is 10.4. The molecule has 0 aliphatic carbocycles. The molecule has 1 N–H and O–H groups in total. The quantitative estimate of drug-likeness (QED) is 0.481. The lowest BCUT2D eigenvalue weighted by Crippen LogP contribution is -2.23. The highest BCUT2D eigenvalue weighted by molar-refractivity contribution is 5.89. The summed E-state index contributed by atoms with van der Waals surface area (Å²) in [7, 11) is 2.34. The average Bonchev–Trinajstić information content (AvgIpc) is 2.14. The molecule has 0 heterocycles. The van der Waals surface area contributed by atoms with Gasteiger partial charge >= 0.3 is 11.9 Å². The van der Waals surface area contributed by atoms with E-state index >= 15 is 0 Å². The zero-order valence-electron chi connectivity index (χ0n) is 7.57. The maximum absolute atomic E-state index is 10.8. The summed E-state index contributed by atoms with van der Waals surface area (Å²) in [6, 6.07) is 0. The molecular weight excluding hydrogens is 176 g/mol. The van der Waals surface area contributed by atoms with Crippen molar-refractivity contribution in [3.05, 3.63) is 12.2 Å². The summed E-state index contributed by atoms with van der Waals surface area (Å²) >= 11 is 0. The highest BCUT2D eigenvalue weighted by Gasteiger charge is 2.19. The van der Waals surface area contributed by atoms with Crippen LogP contribution in [0, 0.1) is 0 Å². The Labute approximate surface area is 75.9 Å². The van der Waals surface area contributed by atoms with Crippen LogP contribution in [0.15, 0.2) is 12.2 Å². The second kappa shape index (κ2) is 5.31. The number of methoxy groups -OCH3 is 2. The molecule has 0 aromatic heterocycles. The van der Waals surface area contributed by atoms with Gasteiger partial charge in [0.05, 0.1) is 14.2 Å². The van der Waals surface area contributed by atoms with Gasteiger partial charge in [0, 0.05) is 12.0 Å². The van der Waals surface area contributed by atoms with Gasteiger partial charge in [0.2, 0.25) is 0 Å². The minimum atomic E-state index is -1.36. The summed E-state index contributed by atoms with van der Waals surface area (Å²) in [5.41, 5.74) is 0.0281. The number of carbonyl (C=O) groups excluding carboxylic acids is 2. The van der Waals surface area contributed by atoms with Crippen molar-refractivity contribution >= 4 is 11.9 Å². The highest BCUT2D eigenvalue weighted by atomic mass is 16.5. The molecule has 0 amide bonds. The van der Waals surface area contributed by atoms with Gasteiger partial charge < -0.3 is 14.6 Å². The van der Waals surface area contributed by atoms with E-state index in [2.05, 4.69) is 16.1 Å². The number of aliphatic hydroxyl groups is 1. The second-order valence-corrected chi connectivity index (χ2v) is 2.34. The second-order valence-electron chi connectivity index (χ2n) is 2.34. The number of esters is 2. The monoisotopic (exact) mass is 188 g/mol. The summed E-state index contributed by atoms with van der Waals surface area (Å²) in [6.45, 7) is 3.34. The van der Waals surface area contributed by atoms with Gasteiger partial charge in [-0.2, -0.15) is 0 Å². The van der Waals surface area contributed by atoms with E-state index in [1.807, 2.05) is 0 Å². The van der Waals surface area contributed by atoms with Crippen LogP contribution in [-0.4, -0.2) is 37.4 Å². The molecule has 0 radical (unpaired) electrons. The fraction of sp³-hybridized carbons (Fsp3) is 0.500. The molecule has 0 bridgehead atoms. The van der Waals surface area contributed by atoms with Crippen LogP contribution in [0.3, 0.4) is 0 Å². The van der Waals surface area contributed by atoms with Gasteiger partial charge in [-0.15, -0.1) is 0 Å². The van der Waals surface area contributed by atoms with Crippen molar-refractivity contribution in [1.82, 2.24) is 0 Å². The molecule has 0 fully saturated rings. The van der Waals surface area contributed by atoms with E-state index in [0.717, 1.165) is 7.11 Å². The maximum Gasteiger partial charge on any atom is 0.335 e. The Morgan fingerprint density at radius 1 is 1.38 bits per heavy atom. The number of ether oxygens (including phenoxy) is 2. The Hall–Kier alpha value is -1.36. The molecule has 0 aliphatic heterocycles. The van der Waals surface area contributed by atoms with Crippen molar-refractivity contribution in [2.45, 2.75) is 12.5 Å². The predicted molar refractivity (Wildman–Crippen MR) is 43.8 cm³/mol. The molecule has 0 aromatic rings. The molecule has 0 aromatic carbocycles. The summed E-state index contributed by atoms with van der Waals surface area (Å²) in [5, 5.41) is 9.09. The number of carbonyl (C=O) groups is 2. The lowest BCUT2D eigenvalue weighted by atomic mass is 10.1. The first-order chi connectivity index (χ1) is 6.02. The van der Waals surface area contributed by atoms with Crippen molar-refractivity contribution in [1.29, 1.82) is 0 Å². The van der Waals surface area contributed by atoms with E-state index in [-0.39, 0.29) is 12.0 Å². The molecule has 0 unspecified atom stereocenters. The van der Waals surface area contributed by atoms with Crippen LogP contribution in [0.2, 0.25) is 0 Å². The third-order valence-corrected chi connectivity index (χ3v) is 1.39. The third-order valence-electron chi connectivity index (χ3n) is 1.39. The standard InChI is InChI=1S/C8H12O5/c1-5(7(10)12-2)4-6(9)8(11)13-3/h6,9H,1,4H2,2-3H3/t6-/m1/s1. The molecule has 0 saturated carbocycles. The Morgan fingerprint density at radius 2 is 1.92 bits per heavy atom. The lowest BCUT2D eigenvalue weighted by molar-refractivity contribution is -0.150. The Bertz CT molecular complexity index is 221. The van der Waals surface area contributed by atoms with Crippen LogP contribution in [0.5, 0.6) is 0 Å². The SMILES string of the molecule is C=C(C[C@@H](O)C(=O)OC)C(=O)OC. The molecular formula is C8H12O5. The molecule has 5 heteroatoms. The van der Waals surface area contributed by atoms with Crippen LogP contribution in [-0.2, 0) is 19.1 Å². The Morgan fingerprint density at radius 3 is 2.31 bits per heavy atom. The van der Waals surface area contributed by atoms with Gasteiger partial charge in [-0.05, 0) is 0 Å². The van der Waals surface area contributed by atoms with E-state index in [4.69, 9.17) is 5.11 Å². The summed E-state index contributed by atoms with van der Waals surface area (Å²) in [5.74, 6) is -1.45. The molecule has 1 atom stereocenters. The molecule has 0 rings (SSSR count). The summed E-state index contributed by atoms with van der Waals surface area (Å²) in [4.78, 5) is 21.5. The average molecular weight is 188 g/mol. The molecule has 5 nitrogen and oxygen atoms in total. The van der Waals surface area contributed by atoms with E-state index in [9.17, 15) is 9.59 Å². The summed E-state index contributed by atoms with van der Waals surface area (Å²) in [6.07, 6.45) is -1.55. The van der Waals surface area contributed by atoms with Crippen molar-refractivity contribution in [2.24, 2.45) is 0 Å². The number of rotatable bonds is 4. The largest absolute Gasteiger partial charge is 0.467 e. The molecule has 13 heavy (non-hydrogen) atoms. The first-order valence-corrected chi connectivity index (χ1v) is 3.55. The number of hydrogen-bond donors (Lipinski definition) is 1. The maximum atomic E-state index is 10.8. The molecule has 74 valence electrons. The number of aliphatic hydroxyl groups excluding tert-OH is 1. The minimum absolute atomic E-state index is 0.0281. The van der Waals surface area contributed by atoms with Crippen LogP contribution in [0.25, 0.3) is 0 Å². The van der Waals surface area contributed by atoms with Crippen molar-refractivity contribution < 1.29 is 24.2 Å². The summed E-state index contributed by atoms with van der Waals surface area (Å²) < 4.78 is 8.57. The van der Waals surface area contributed by atoms with Crippen LogP contribution >= 0.6 is 0 Å². The third kappa shape index (κ3) is 3.71.